The molecule has 2 heterocycles. The van der Waals surface area contributed by atoms with E-state index in [1.807, 2.05) is 31.2 Å². The minimum absolute atomic E-state index is 0.0279. The Morgan fingerprint density at radius 2 is 1.83 bits per heavy atom. The van der Waals surface area contributed by atoms with E-state index in [4.69, 9.17) is 0 Å². The van der Waals surface area contributed by atoms with Crippen LogP contribution >= 0.6 is 0 Å². The summed E-state index contributed by atoms with van der Waals surface area (Å²) in [6.07, 6.45) is 2.58. The third-order valence-corrected chi connectivity index (χ3v) is 5.87. The number of hydrogen-bond donors (Lipinski definition) is 2. The second-order valence-electron chi connectivity index (χ2n) is 8.95. The van der Waals surface area contributed by atoms with Crippen molar-refractivity contribution in [3.8, 4) is 11.3 Å². The van der Waals surface area contributed by atoms with Crippen LogP contribution in [0.3, 0.4) is 0 Å². The van der Waals surface area contributed by atoms with Crippen LogP contribution in [0, 0.1) is 18.8 Å². The Balaban J connectivity index is 1.43. The van der Waals surface area contributed by atoms with Crippen LogP contribution < -0.4 is 15.8 Å². The average molecular weight is 412 g/mol. The smallest absolute Gasteiger partial charge is 0.266 e. The van der Waals surface area contributed by atoms with Gasteiger partial charge in [0.1, 0.15) is 0 Å². The van der Waals surface area contributed by atoms with Crippen molar-refractivity contribution in [1.82, 2.24) is 15.1 Å². The van der Waals surface area contributed by atoms with E-state index in [1.165, 1.54) is 35.8 Å². The van der Waals surface area contributed by atoms with Crippen LogP contribution in [0.4, 0.5) is 0 Å². The first kappa shape index (κ1) is 22.2. The fraction of sp³-hybridized carbons (Fsp3) is 0.542. The van der Waals surface area contributed by atoms with Crippen LogP contribution in [0.15, 0.2) is 41.2 Å². The van der Waals surface area contributed by atoms with Crippen molar-refractivity contribution < 1.29 is 9.69 Å². The van der Waals surface area contributed by atoms with E-state index in [2.05, 4.69) is 24.3 Å². The summed E-state index contributed by atoms with van der Waals surface area (Å²) < 4.78 is 1.38. The monoisotopic (exact) mass is 411 g/mol. The molecule has 1 saturated heterocycles. The number of rotatable bonds is 8. The summed E-state index contributed by atoms with van der Waals surface area (Å²) in [6.45, 7) is 11.3. The Kier molecular flexibility index (Phi) is 7.80. The molecular weight excluding hydrogens is 376 g/mol. The zero-order valence-electron chi connectivity index (χ0n) is 18.5. The molecule has 1 aliphatic rings. The highest BCUT2D eigenvalue weighted by Gasteiger charge is 2.24. The average Bonchev–Trinajstić information content (AvgIpc) is 2.70. The first-order chi connectivity index (χ1) is 14.4. The summed E-state index contributed by atoms with van der Waals surface area (Å²) in [5, 5.41) is 7.43. The Labute approximate surface area is 179 Å². The molecule has 0 saturated carbocycles. The van der Waals surface area contributed by atoms with Crippen LogP contribution in [0.2, 0.25) is 0 Å². The molecule has 1 amide bonds. The molecule has 2 unspecified atom stereocenters. The van der Waals surface area contributed by atoms with Crippen molar-refractivity contribution in [2.24, 2.45) is 11.8 Å². The van der Waals surface area contributed by atoms with Gasteiger partial charge in [0, 0.05) is 42.9 Å². The largest absolute Gasteiger partial charge is 0.356 e. The number of piperidine rings is 1. The molecule has 1 fully saturated rings. The van der Waals surface area contributed by atoms with Crippen LogP contribution in [0.25, 0.3) is 11.3 Å². The van der Waals surface area contributed by atoms with Crippen molar-refractivity contribution in [2.75, 3.05) is 26.2 Å². The normalized spacial score (nSPS) is 21.4. The Bertz CT molecular complexity index is 881. The fourth-order valence-electron chi connectivity index (χ4n) is 4.48. The number of nitrogens with one attached hydrogen (secondary N) is 2. The molecule has 2 atom stereocenters. The predicted octanol–water partition coefficient (Wildman–Crippen LogP) is 1.68. The van der Waals surface area contributed by atoms with Gasteiger partial charge in [-0.05, 0) is 19.4 Å². The van der Waals surface area contributed by atoms with Crippen molar-refractivity contribution >= 4 is 5.91 Å². The molecule has 1 aliphatic heterocycles. The second kappa shape index (κ2) is 10.5. The number of hydrogen-bond acceptors (Lipinski definition) is 3. The predicted molar refractivity (Wildman–Crippen MR) is 119 cm³/mol. The van der Waals surface area contributed by atoms with Crippen molar-refractivity contribution in [3.63, 3.8) is 0 Å². The van der Waals surface area contributed by atoms with E-state index in [0.29, 0.717) is 6.54 Å². The lowest BCUT2D eigenvalue weighted by atomic mass is 9.92. The molecule has 1 aromatic heterocycles. The standard InChI is InChI=1S/C24H34N4O2/c1-18-5-7-21(8-6-18)22-9-10-24(30)28(26-22)14-11-23(29)25-12-4-13-27-16-19(2)15-20(3)17-27/h5-10,19-20H,4,11-17H2,1-3H3,(H,25,29)/p+1. The van der Waals surface area contributed by atoms with Crippen molar-refractivity contribution in [2.45, 2.75) is 46.6 Å². The highest BCUT2D eigenvalue weighted by atomic mass is 16.2. The Morgan fingerprint density at radius 1 is 1.13 bits per heavy atom. The second-order valence-corrected chi connectivity index (χ2v) is 8.95. The molecule has 0 bridgehead atoms. The summed E-state index contributed by atoms with van der Waals surface area (Å²) in [6, 6.07) is 11.3. The van der Waals surface area contributed by atoms with E-state index in [9.17, 15) is 9.59 Å². The van der Waals surface area contributed by atoms with Crippen LogP contribution in [-0.4, -0.2) is 41.9 Å². The number of carbonyl (C=O) groups excluding carboxylic acids is 1. The van der Waals surface area contributed by atoms with Gasteiger partial charge in [-0.2, -0.15) is 5.10 Å². The third-order valence-electron chi connectivity index (χ3n) is 5.87. The maximum Gasteiger partial charge on any atom is 0.266 e. The Morgan fingerprint density at radius 3 is 2.53 bits per heavy atom. The first-order valence-corrected chi connectivity index (χ1v) is 11.2. The van der Waals surface area contributed by atoms with Gasteiger partial charge in [-0.3, -0.25) is 9.59 Å². The third kappa shape index (κ3) is 6.52. The topological polar surface area (TPSA) is 68.4 Å². The quantitative estimate of drug-likeness (QED) is 0.650. The van der Waals surface area contributed by atoms with Gasteiger partial charge < -0.3 is 10.2 Å². The number of quaternary nitrogens is 1. The lowest BCUT2D eigenvalue weighted by molar-refractivity contribution is -0.912. The summed E-state index contributed by atoms with van der Waals surface area (Å²) >= 11 is 0. The van der Waals surface area contributed by atoms with Crippen LogP contribution in [-0.2, 0) is 11.3 Å². The molecule has 6 nitrogen and oxygen atoms in total. The number of benzene rings is 1. The van der Waals surface area contributed by atoms with Gasteiger partial charge in [0.05, 0.1) is 31.9 Å². The van der Waals surface area contributed by atoms with Crippen molar-refractivity contribution in [3.05, 3.63) is 52.3 Å². The van der Waals surface area contributed by atoms with Crippen LogP contribution in [0.5, 0.6) is 0 Å². The first-order valence-electron chi connectivity index (χ1n) is 11.2. The number of aryl methyl sites for hydroxylation is 2. The zero-order chi connectivity index (χ0) is 21.5. The SMILES string of the molecule is Cc1ccc(-c2ccc(=O)n(CCC(=O)NCCC[NH+]3CC(C)CC(C)C3)n2)cc1. The molecule has 2 aromatic rings. The van der Waals surface area contributed by atoms with Gasteiger partial charge in [0.2, 0.25) is 5.91 Å². The summed E-state index contributed by atoms with van der Waals surface area (Å²) in [5.41, 5.74) is 2.69. The Hall–Kier alpha value is -2.47. The van der Waals surface area contributed by atoms with E-state index in [1.54, 1.807) is 11.0 Å². The molecule has 6 heteroatoms. The summed E-state index contributed by atoms with van der Waals surface area (Å²) in [7, 11) is 0. The molecule has 0 radical (unpaired) electrons. The highest BCUT2D eigenvalue weighted by Crippen LogP contribution is 2.16. The molecule has 162 valence electrons. The molecule has 2 N–H and O–H groups in total. The minimum atomic E-state index is -0.185. The van der Waals surface area contributed by atoms with E-state index < -0.39 is 0 Å². The number of amides is 1. The maximum atomic E-state index is 12.2. The molecule has 30 heavy (non-hydrogen) atoms. The van der Waals surface area contributed by atoms with Gasteiger partial charge in [-0.25, -0.2) is 4.68 Å². The zero-order valence-corrected chi connectivity index (χ0v) is 18.5. The van der Waals surface area contributed by atoms with Gasteiger partial charge in [-0.15, -0.1) is 0 Å². The van der Waals surface area contributed by atoms with Gasteiger partial charge in [0.15, 0.2) is 0 Å². The number of likely N-dealkylation sites (tertiary alicyclic amines) is 1. The van der Waals surface area contributed by atoms with Gasteiger partial charge in [0.25, 0.3) is 5.56 Å². The van der Waals surface area contributed by atoms with Crippen LogP contribution in [0.1, 0.15) is 38.7 Å². The molecule has 0 spiro atoms. The minimum Gasteiger partial charge on any atom is -0.356 e. The molecule has 3 rings (SSSR count). The van der Waals surface area contributed by atoms with E-state index in [-0.39, 0.29) is 24.4 Å². The fourth-order valence-corrected chi connectivity index (χ4v) is 4.48. The van der Waals surface area contributed by atoms with E-state index in [0.717, 1.165) is 36.1 Å². The van der Waals surface area contributed by atoms with Crippen molar-refractivity contribution in [1.29, 1.82) is 0 Å². The van der Waals surface area contributed by atoms with Gasteiger partial charge in [-0.1, -0.05) is 43.7 Å². The number of aromatic nitrogens is 2. The van der Waals surface area contributed by atoms with E-state index >= 15 is 0 Å². The number of nitrogens with zero attached hydrogens (tertiary/aromatic N) is 2. The summed E-state index contributed by atoms with van der Waals surface area (Å²) in [4.78, 5) is 26.0. The maximum absolute atomic E-state index is 12.2. The molecule has 1 aromatic carbocycles. The highest BCUT2D eigenvalue weighted by molar-refractivity contribution is 5.75. The van der Waals surface area contributed by atoms with Gasteiger partial charge >= 0.3 is 0 Å². The number of carbonyl (C=O) groups is 1. The molecule has 0 aliphatic carbocycles. The lowest BCUT2D eigenvalue weighted by Gasteiger charge is -2.32. The summed E-state index contributed by atoms with van der Waals surface area (Å²) in [5.74, 6) is 1.56. The lowest BCUT2D eigenvalue weighted by Crippen LogP contribution is -3.14. The molecular formula is C24H35N4O2+.